The fourth-order valence-corrected chi connectivity index (χ4v) is 3.26. The van der Waals surface area contributed by atoms with Gasteiger partial charge in [-0.1, -0.05) is 18.2 Å². The number of anilines is 1. The van der Waals surface area contributed by atoms with E-state index in [4.69, 9.17) is 0 Å². The summed E-state index contributed by atoms with van der Waals surface area (Å²) in [5.74, 6) is 0. The van der Waals surface area contributed by atoms with Crippen LogP contribution in [-0.2, 0) is 16.7 Å². The molecule has 0 aliphatic rings. The van der Waals surface area contributed by atoms with E-state index in [2.05, 4.69) is 10.4 Å². The van der Waals surface area contributed by atoms with E-state index in [9.17, 15) is 13.2 Å². The van der Waals surface area contributed by atoms with E-state index in [0.29, 0.717) is 11.1 Å². The van der Waals surface area contributed by atoms with Gasteiger partial charge in [0.15, 0.2) is 0 Å². The number of benzene rings is 2. The summed E-state index contributed by atoms with van der Waals surface area (Å²) in [5, 5.41) is 8.60. The van der Waals surface area contributed by atoms with Crippen molar-refractivity contribution in [2.75, 3.05) is 19.4 Å². The van der Waals surface area contributed by atoms with E-state index in [1.165, 1.54) is 30.9 Å². The van der Waals surface area contributed by atoms with E-state index in [0.717, 1.165) is 9.69 Å². The molecule has 1 N–H and O–H groups in total. The first-order chi connectivity index (χ1) is 11.9. The normalized spacial score (nSPS) is 11.8. The summed E-state index contributed by atoms with van der Waals surface area (Å²) in [7, 11) is -0.483. The van der Waals surface area contributed by atoms with Crippen LogP contribution in [-0.4, -0.2) is 36.6 Å². The van der Waals surface area contributed by atoms with Crippen molar-refractivity contribution in [3.8, 4) is 0 Å². The number of hydrogen-bond acceptors (Lipinski definition) is 5. The molecule has 0 amide bonds. The van der Waals surface area contributed by atoms with Crippen molar-refractivity contribution >= 4 is 26.5 Å². The Bertz CT molecular complexity index is 1060. The number of nitrogens with zero attached hydrogens (tertiary/aromatic N) is 3. The maximum atomic E-state index is 12.4. The SMILES string of the molecule is CN(C)S(=O)(=O)c1ccc(NCn2ncc3ccccc3c2=O)cc1. The molecule has 2 aromatic carbocycles. The largest absolute Gasteiger partial charge is 0.366 e. The van der Waals surface area contributed by atoms with E-state index in [1.54, 1.807) is 24.4 Å². The molecule has 0 aliphatic heterocycles. The van der Waals surface area contributed by atoms with Crippen molar-refractivity contribution in [3.05, 3.63) is 65.1 Å². The van der Waals surface area contributed by atoms with Gasteiger partial charge in [0.05, 0.1) is 16.5 Å². The third kappa shape index (κ3) is 3.40. The Morgan fingerprint density at radius 2 is 1.76 bits per heavy atom. The van der Waals surface area contributed by atoms with Gasteiger partial charge in [-0.3, -0.25) is 4.79 Å². The van der Waals surface area contributed by atoms with Gasteiger partial charge in [0.1, 0.15) is 6.67 Å². The lowest BCUT2D eigenvalue weighted by Crippen LogP contribution is -2.26. The highest BCUT2D eigenvalue weighted by atomic mass is 32.2. The van der Waals surface area contributed by atoms with Crippen molar-refractivity contribution in [2.45, 2.75) is 11.6 Å². The number of hydrogen-bond donors (Lipinski definition) is 1. The lowest BCUT2D eigenvalue weighted by Gasteiger charge is -2.12. The second kappa shape index (κ2) is 6.66. The first kappa shape index (κ1) is 17.1. The standard InChI is InChI=1S/C17H18N4O3S/c1-20(2)25(23,24)15-9-7-14(8-10-15)18-12-21-17(22)16-6-4-3-5-13(16)11-19-21/h3-11,18H,12H2,1-2H3. The Balaban J connectivity index is 1.78. The number of rotatable bonds is 5. The van der Waals surface area contributed by atoms with Crippen LogP contribution in [0.5, 0.6) is 0 Å². The second-order valence-corrected chi connectivity index (χ2v) is 7.84. The van der Waals surface area contributed by atoms with Crippen LogP contribution in [0.1, 0.15) is 0 Å². The highest BCUT2D eigenvalue weighted by molar-refractivity contribution is 7.89. The van der Waals surface area contributed by atoms with Crippen molar-refractivity contribution < 1.29 is 8.42 Å². The highest BCUT2D eigenvalue weighted by Gasteiger charge is 2.16. The van der Waals surface area contributed by atoms with E-state index in [1.807, 2.05) is 18.2 Å². The average Bonchev–Trinajstić information content (AvgIpc) is 2.61. The molecule has 0 spiro atoms. The molecule has 3 aromatic rings. The molecule has 7 nitrogen and oxygen atoms in total. The molecule has 0 fully saturated rings. The minimum absolute atomic E-state index is 0.183. The topological polar surface area (TPSA) is 84.3 Å². The van der Waals surface area contributed by atoms with E-state index in [-0.39, 0.29) is 17.1 Å². The molecule has 130 valence electrons. The summed E-state index contributed by atoms with van der Waals surface area (Å²) in [4.78, 5) is 12.6. The molecule has 8 heteroatoms. The number of sulfonamides is 1. The third-order valence-corrected chi connectivity index (χ3v) is 5.66. The summed E-state index contributed by atoms with van der Waals surface area (Å²) in [6.07, 6.45) is 1.64. The van der Waals surface area contributed by atoms with Crippen LogP contribution in [0, 0.1) is 0 Å². The predicted molar refractivity (Wildman–Crippen MR) is 96.9 cm³/mol. The van der Waals surface area contributed by atoms with Crippen LogP contribution in [0.15, 0.2) is 64.4 Å². The molecule has 25 heavy (non-hydrogen) atoms. The summed E-state index contributed by atoms with van der Waals surface area (Å²) >= 11 is 0. The van der Waals surface area contributed by atoms with Crippen molar-refractivity contribution in [3.63, 3.8) is 0 Å². The van der Waals surface area contributed by atoms with Gasteiger partial charge in [-0.2, -0.15) is 5.10 Å². The molecule has 0 saturated heterocycles. The van der Waals surface area contributed by atoms with Crippen molar-refractivity contribution in [2.24, 2.45) is 0 Å². The first-order valence-electron chi connectivity index (χ1n) is 7.61. The Morgan fingerprint density at radius 1 is 1.08 bits per heavy atom. The highest BCUT2D eigenvalue weighted by Crippen LogP contribution is 2.16. The minimum Gasteiger partial charge on any atom is -0.366 e. The van der Waals surface area contributed by atoms with Gasteiger partial charge in [0.25, 0.3) is 5.56 Å². The van der Waals surface area contributed by atoms with Crippen LogP contribution in [0.4, 0.5) is 5.69 Å². The molecule has 3 rings (SSSR count). The van der Waals surface area contributed by atoms with E-state index >= 15 is 0 Å². The van der Waals surface area contributed by atoms with Gasteiger partial charge in [0, 0.05) is 25.2 Å². The minimum atomic E-state index is -3.45. The number of aromatic nitrogens is 2. The Labute approximate surface area is 145 Å². The summed E-state index contributed by atoms with van der Waals surface area (Å²) < 4.78 is 26.6. The lowest BCUT2D eigenvalue weighted by atomic mass is 10.2. The predicted octanol–water partition coefficient (Wildman–Crippen LogP) is 1.72. The molecule has 0 radical (unpaired) electrons. The van der Waals surface area contributed by atoms with Crippen molar-refractivity contribution in [1.82, 2.24) is 14.1 Å². The van der Waals surface area contributed by atoms with Gasteiger partial charge in [-0.15, -0.1) is 0 Å². The van der Waals surface area contributed by atoms with E-state index < -0.39 is 10.0 Å². The third-order valence-electron chi connectivity index (χ3n) is 3.83. The molecule has 0 aliphatic carbocycles. The van der Waals surface area contributed by atoms with Crippen LogP contribution in [0.25, 0.3) is 10.8 Å². The Kier molecular flexibility index (Phi) is 4.56. The molecule has 0 saturated carbocycles. The smallest absolute Gasteiger partial charge is 0.276 e. The van der Waals surface area contributed by atoms with Gasteiger partial charge < -0.3 is 5.32 Å². The summed E-state index contributed by atoms with van der Waals surface area (Å²) in [6.45, 7) is 0.184. The maximum absolute atomic E-state index is 12.4. The molecular formula is C17H18N4O3S. The molecule has 0 atom stereocenters. The van der Waals surface area contributed by atoms with Gasteiger partial charge in [-0.05, 0) is 30.3 Å². The molecule has 1 aromatic heterocycles. The molecule has 1 heterocycles. The zero-order chi connectivity index (χ0) is 18.0. The number of fused-ring (bicyclic) bond motifs is 1. The average molecular weight is 358 g/mol. The Morgan fingerprint density at radius 3 is 2.44 bits per heavy atom. The van der Waals surface area contributed by atoms with Crippen LogP contribution in [0.3, 0.4) is 0 Å². The first-order valence-corrected chi connectivity index (χ1v) is 9.05. The maximum Gasteiger partial charge on any atom is 0.276 e. The van der Waals surface area contributed by atoms with Gasteiger partial charge in [0.2, 0.25) is 10.0 Å². The van der Waals surface area contributed by atoms with Gasteiger partial charge >= 0.3 is 0 Å². The zero-order valence-electron chi connectivity index (χ0n) is 13.9. The molecule has 0 bridgehead atoms. The second-order valence-electron chi connectivity index (χ2n) is 5.68. The van der Waals surface area contributed by atoms with Crippen LogP contribution >= 0.6 is 0 Å². The lowest BCUT2D eigenvalue weighted by molar-refractivity contribution is 0.521. The monoisotopic (exact) mass is 358 g/mol. The summed E-state index contributed by atoms with van der Waals surface area (Å²) in [6, 6.07) is 13.6. The summed E-state index contributed by atoms with van der Waals surface area (Å²) in [5.41, 5.74) is 0.511. The number of nitrogens with one attached hydrogen (secondary N) is 1. The van der Waals surface area contributed by atoms with Crippen LogP contribution in [0.2, 0.25) is 0 Å². The zero-order valence-corrected chi connectivity index (χ0v) is 14.7. The fourth-order valence-electron chi connectivity index (χ4n) is 2.36. The van der Waals surface area contributed by atoms with Gasteiger partial charge in [-0.25, -0.2) is 17.4 Å². The Hall–Kier alpha value is -2.71. The van der Waals surface area contributed by atoms with Crippen molar-refractivity contribution in [1.29, 1.82) is 0 Å². The van der Waals surface area contributed by atoms with Crippen LogP contribution < -0.4 is 10.9 Å². The fraction of sp³-hybridized carbons (Fsp3) is 0.176. The molecule has 0 unspecified atom stereocenters. The quantitative estimate of drug-likeness (QED) is 0.751. The molecular weight excluding hydrogens is 340 g/mol.